The molecule has 0 radical (unpaired) electrons. The molecular weight excluding hydrogens is 134 g/mol. The van der Waals surface area contributed by atoms with Gasteiger partial charge in [-0.25, -0.2) is 0 Å². The molecule has 1 atom stereocenters. The second kappa shape index (κ2) is 5.14. The van der Waals surface area contributed by atoms with Crippen molar-refractivity contribution in [3.63, 3.8) is 0 Å². The minimum Gasteiger partial charge on any atom is -0.324 e. The van der Waals surface area contributed by atoms with Crippen LogP contribution in [0.3, 0.4) is 0 Å². The van der Waals surface area contributed by atoms with Crippen molar-refractivity contribution >= 4 is 0 Å². The van der Waals surface area contributed by atoms with Crippen molar-refractivity contribution in [2.45, 2.75) is 40.2 Å². The summed E-state index contributed by atoms with van der Waals surface area (Å²) in [7, 11) is 0. The van der Waals surface area contributed by atoms with Gasteiger partial charge in [-0.1, -0.05) is 24.6 Å². The normalized spacial score (nSPS) is 13.5. The van der Waals surface area contributed by atoms with Crippen LogP contribution >= 0.6 is 0 Å². The number of hydrogen-bond acceptors (Lipinski definition) is 1. The predicted octanol–water partition coefficient (Wildman–Crippen LogP) is 2.64. The smallest absolute Gasteiger partial charge is 0.0291 e. The van der Waals surface area contributed by atoms with Crippen LogP contribution < -0.4 is 5.73 Å². The molecule has 0 bridgehead atoms. The molecule has 64 valence electrons. The lowest BCUT2D eigenvalue weighted by molar-refractivity contribution is 0.747. The molecule has 0 saturated heterocycles. The Morgan fingerprint density at radius 3 is 2.27 bits per heavy atom. The fourth-order valence-corrected chi connectivity index (χ4v) is 1.06. The second-order valence-corrected chi connectivity index (χ2v) is 2.97. The molecule has 0 spiro atoms. The molecule has 0 aliphatic heterocycles. The minimum atomic E-state index is 0.205. The Balaban J connectivity index is 4.48. The Hall–Kier alpha value is -0.560. The molecule has 0 heterocycles. The zero-order valence-electron chi connectivity index (χ0n) is 8.02. The summed E-state index contributed by atoms with van der Waals surface area (Å²) in [6.07, 6.45) is 5.15. The van der Waals surface area contributed by atoms with E-state index in [1.54, 1.807) is 0 Å². The molecule has 1 nitrogen and oxygen atoms in total. The van der Waals surface area contributed by atoms with Crippen LogP contribution in [0.5, 0.6) is 0 Å². The van der Waals surface area contributed by atoms with E-state index in [1.807, 2.05) is 13.0 Å². The van der Waals surface area contributed by atoms with Gasteiger partial charge in [0.15, 0.2) is 0 Å². The third-order valence-electron chi connectivity index (χ3n) is 1.76. The van der Waals surface area contributed by atoms with Crippen LogP contribution in [0.15, 0.2) is 23.3 Å². The van der Waals surface area contributed by atoms with Crippen LogP contribution in [-0.4, -0.2) is 6.04 Å². The maximum atomic E-state index is 5.90. The van der Waals surface area contributed by atoms with Crippen molar-refractivity contribution in [2.75, 3.05) is 0 Å². The fourth-order valence-electron chi connectivity index (χ4n) is 1.06. The number of allylic oxidation sites excluding steroid dienone is 2. The minimum absolute atomic E-state index is 0.205. The van der Waals surface area contributed by atoms with Gasteiger partial charge in [0.1, 0.15) is 0 Å². The molecule has 0 aliphatic rings. The first kappa shape index (κ1) is 10.4. The van der Waals surface area contributed by atoms with Gasteiger partial charge >= 0.3 is 0 Å². The topological polar surface area (TPSA) is 26.0 Å². The first-order valence-corrected chi connectivity index (χ1v) is 4.19. The lowest BCUT2D eigenvalue weighted by Gasteiger charge is -2.11. The summed E-state index contributed by atoms with van der Waals surface area (Å²) in [5.74, 6) is 0. The summed E-state index contributed by atoms with van der Waals surface area (Å²) in [6, 6.07) is 0.205. The Bertz CT molecular complexity index is 162. The average molecular weight is 153 g/mol. The lowest BCUT2D eigenvalue weighted by atomic mass is 10.0. The van der Waals surface area contributed by atoms with Gasteiger partial charge in [0.25, 0.3) is 0 Å². The monoisotopic (exact) mass is 153 g/mol. The van der Waals surface area contributed by atoms with Crippen molar-refractivity contribution < 1.29 is 0 Å². The van der Waals surface area contributed by atoms with E-state index in [4.69, 9.17) is 5.73 Å². The van der Waals surface area contributed by atoms with Crippen LogP contribution in [0, 0.1) is 0 Å². The van der Waals surface area contributed by atoms with Gasteiger partial charge in [0, 0.05) is 6.04 Å². The van der Waals surface area contributed by atoms with Gasteiger partial charge < -0.3 is 5.73 Å². The van der Waals surface area contributed by atoms with E-state index in [-0.39, 0.29) is 6.04 Å². The Kier molecular flexibility index (Phi) is 4.88. The molecule has 0 aromatic rings. The van der Waals surface area contributed by atoms with Gasteiger partial charge in [-0.15, -0.1) is 0 Å². The highest BCUT2D eigenvalue weighted by Crippen LogP contribution is 2.10. The van der Waals surface area contributed by atoms with Crippen LogP contribution in [-0.2, 0) is 0 Å². The van der Waals surface area contributed by atoms with E-state index in [1.165, 1.54) is 11.1 Å². The summed E-state index contributed by atoms with van der Waals surface area (Å²) in [6.45, 7) is 8.33. The fraction of sp³-hybridized carbons (Fsp3) is 0.600. The van der Waals surface area contributed by atoms with Gasteiger partial charge in [0.2, 0.25) is 0 Å². The molecule has 0 saturated carbocycles. The molecule has 0 aliphatic carbocycles. The molecule has 0 aromatic carbocycles. The SMILES string of the molecule is C/C=C\C(=C(C)C)C(N)CC. The maximum Gasteiger partial charge on any atom is 0.0291 e. The van der Waals surface area contributed by atoms with E-state index in [0.29, 0.717) is 0 Å². The van der Waals surface area contributed by atoms with Crippen LogP contribution in [0.2, 0.25) is 0 Å². The molecule has 2 N–H and O–H groups in total. The van der Waals surface area contributed by atoms with Crippen molar-refractivity contribution in [1.29, 1.82) is 0 Å². The summed E-state index contributed by atoms with van der Waals surface area (Å²) < 4.78 is 0. The highest BCUT2D eigenvalue weighted by atomic mass is 14.6. The maximum absolute atomic E-state index is 5.90. The standard InChI is InChI=1S/C10H19N/c1-5-7-9(8(3)4)10(11)6-2/h5,7,10H,6,11H2,1-4H3/b7-5-. The molecular formula is C10H19N. The molecule has 1 heteroatoms. The first-order chi connectivity index (χ1) is 5.13. The third-order valence-corrected chi connectivity index (χ3v) is 1.76. The third kappa shape index (κ3) is 3.38. The summed E-state index contributed by atoms with van der Waals surface area (Å²) in [4.78, 5) is 0. The highest BCUT2D eigenvalue weighted by molar-refractivity contribution is 5.27. The Morgan fingerprint density at radius 2 is 2.00 bits per heavy atom. The quantitative estimate of drug-likeness (QED) is 0.620. The Morgan fingerprint density at radius 1 is 1.45 bits per heavy atom. The molecule has 0 fully saturated rings. The summed E-state index contributed by atoms with van der Waals surface area (Å²) >= 11 is 0. The van der Waals surface area contributed by atoms with E-state index in [0.717, 1.165) is 6.42 Å². The largest absolute Gasteiger partial charge is 0.324 e. The second-order valence-electron chi connectivity index (χ2n) is 2.97. The molecule has 0 rings (SSSR count). The highest BCUT2D eigenvalue weighted by Gasteiger charge is 2.03. The van der Waals surface area contributed by atoms with E-state index in [2.05, 4.69) is 26.8 Å². The van der Waals surface area contributed by atoms with E-state index >= 15 is 0 Å². The van der Waals surface area contributed by atoms with Gasteiger partial charge in [-0.3, -0.25) is 0 Å². The van der Waals surface area contributed by atoms with Crippen molar-refractivity contribution in [1.82, 2.24) is 0 Å². The number of hydrogen-bond donors (Lipinski definition) is 1. The van der Waals surface area contributed by atoms with Gasteiger partial charge in [0.05, 0.1) is 0 Å². The molecule has 11 heavy (non-hydrogen) atoms. The van der Waals surface area contributed by atoms with Crippen LogP contribution in [0.1, 0.15) is 34.1 Å². The van der Waals surface area contributed by atoms with Gasteiger partial charge in [-0.05, 0) is 32.8 Å². The Labute approximate surface area is 70.0 Å². The molecule has 0 aromatic heterocycles. The van der Waals surface area contributed by atoms with Gasteiger partial charge in [-0.2, -0.15) is 0 Å². The van der Waals surface area contributed by atoms with E-state index < -0.39 is 0 Å². The lowest BCUT2D eigenvalue weighted by Crippen LogP contribution is -2.21. The van der Waals surface area contributed by atoms with Crippen molar-refractivity contribution in [3.8, 4) is 0 Å². The summed E-state index contributed by atoms with van der Waals surface area (Å²) in [5, 5.41) is 0. The number of nitrogens with two attached hydrogens (primary N) is 1. The predicted molar refractivity (Wildman–Crippen MR) is 51.5 cm³/mol. The number of rotatable bonds is 3. The zero-order chi connectivity index (χ0) is 8.85. The first-order valence-electron chi connectivity index (χ1n) is 4.19. The van der Waals surface area contributed by atoms with Crippen molar-refractivity contribution in [3.05, 3.63) is 23.3 Å². The van der Waals surface area contributed by atoms with Crippen LogP contribution in [0.4, 0.5) is 0 Å². The average Bonchev–Trinajstić information content (AvgIpc) is 1.98. The van der Waals surface area contributed by atoms with Crippen LogP contribution in [0.25, 0.3) is 0 Å². The summed E-state index contributed by atoms with van der Waals surface area (Å²) in [5.41, 5.74) is 8.49. The van der Waals surface area contributed by atoms with E-state index in [9.17, 15) is 0 Å². The molecule has 1 unspecified atom stereocenters. The zero-order valence-corrected chi connectivity index (χ0v) is 8.02. The van der Waals surface area contributed by atoms with Crippen molar-refractivity contribution in [2.24, 2.45) is 5.73 Å². The molecule has 0 amide bonds.